The lowest BCUT2D eigenvalue weighted by molar-refractivity contribution is 0.381. The summed E-state index contributed by atoms with van der Waals surface area (Å²) in [6.07, 6.45) is 0. The maximum absolute atomic E-state index is 10.2. The van der Waals surface area contributed by atoms with E-state index < -0.39 is 10.4 Å². The van der Waals surface area contributed by atoms with Crippen molar-refractivity contribution in [3.8, 4) is 11.5 Å². The molecule has 5 N–H and O–H groups in total. The molecule has 4 rings (SSSR count). The van der Waals surface area contributed by atoms with Gasteiger partial charge in [0.1, 0.15) is 11.5 Å². The minimum Gasteiger partial charge on any atom is -0.508 e. The van der Waals surface area contributed by atoms with E-state index in [1.807, 2.05) is 61.2 Å². The number of benzene rings is 3. The number of para-hydroxylation sites is 1. The molecule has 0 radical (unpaired) electrons. The lowest BCUT2D eigenvalue weighted by Crippen LogP contribution is -2.18. The first-order valence-electron chi connectivity index (χ1n) is 8.54. The number of nitrogens with one attached hydrogen (secondary N) is 1. The van der Waals surface area contributed by atoms with Crippen molar-refractivity contribution >= 4 is 38.8 Å². The normalized spacial score (nSPS) is 12.2. The molecule has 9 heteroatoms. The van der Waals surface area contributed by atoms with E-state index >= 15 is 0 Å². The number of hydrogen-bond acceptors (Lipinski definition) is 6. The Hall–Kier alpha value is -3.27. The number of nitrogens with zero attached hydrogens (tertiary/aromatic N) is 1. The van der Waals surface area contributed by atoms with Crippen LogP contribution in [-0.4, -0.2) is 27.7 Å². The average molecular weight is 416 g/mol. The van der Waals surface area contributed by atoms with Crippen molar-refractivity contribution in [1.29, 1.82) is 0 Å². The number of fused-ring (bicyclic) bond motifs is 2. The van der Waals surface area contributed by atoms with Crippen LogP contribution in [0.1, 0.15) is 11.1 Å². The Morgan fingerprint density at radius 3 is 1.62 bits per heavy atom. The predicted molar refractivity (Wildman–Crippen MR) is 111 cm³/mol. The van der Waals surface area contributed by atoms with Gasteiger partial charge in [-0.2, -0.15) is 8.42 Å². The molecule has 1 aliphatic rings. The van der Waals surface area contributed by atoms with Crippen LogP contribution >= 0.6 is 0 Å². The number of phenols is 2. The fraction of sp³-hybridized carbons (Fsp3) is 0.100. The first kappa shape index (κ1) is 20.5. The highest BCUT2D eigenvalue weighted by molar-refractivity contribution is 7.79. The Morgan fingerprint density at radius 1 is 0.793 bits per heavy atom. The second-order valence-electron chi connectivity index (χ2n) is 6.56. The highest BCUT2D eigenvalue weighted by Gasteiger charge is 2.26. The standard InChI is InChI=1S/C20H18N2O2.H2O4S/c1-12-8-15-17(10-19(12)23)22(14-6-4-3-5-7-14)18-11-20(24)13(2)9-16(18)21-15;1-5(2,3)4/h3-11,21,23-24H,1-2H3;(H2,1,2,3,4). The second-order valence-corrected chi connectivity index (χ2v) is 7.45. The highest BCUT2D eigenvalue weighted by atomic mass is 32.3. The molecule has 1 aliphatic heterocycles. The quantitative estimate of drug-likeness (QED) is 0.225. The summed E-state index contributed by atoms with van der Waals surface area (Å²) in [6, 6.07) is 17.3. The minimum atomic E-state index is -4.67. The zero-order valence-electron chi connectivity index (χ0n) is 15.7. The van der Waals surface area contributed by atoms with Gasteiger partial charge in [-0.15, -0.1) is 0 Å². The van der Waals surface area contributed by atoms with Gasteiger partial charge in [-0.3, -0.25) is 9.11 Å². The molecular weight excluding hydrogens is 396 g/mol. The SMILES string of the molecule is Cc1cc2c(cc1O)N(c1ccccc1)c1cc(O)c(C)cc1N2.O=S(=O)(O)O. The number of phenolic OH excluding ortho intramolecular Hbond substituents is 2. The predicted octanol–water partition coefficient (Wildman–Crippen LogP) is 4.59. The molecule has 0 unspecified atom stereocenters. The second kappa shape index (κ2) is 7.63. The molecule has 3 aromatic carbocycles. The van der Waals surface area contributed by atoms with Crippen molar-refractivity contribution in [2.24, 2.45) is 0 Å². The van der Waals surface area contributed by atoms with Crippen molar-refractivity contribution in [3.05, 3.63) is 65.7 Å². The Labute approximate surface area is 168 Å². The molecule has 0 saturated heterocycles. The van der Waals surface area contributed by atoms with Gasteiger partial charge < -0.3 is 20.4 Å². The van der Waals surface area contributed by atoms with Crippen LogP contribution in [0.15, 0.2) is 54.6 Å². The van der Waals surface area contributed by atoms with E-state index in [1.165, 1.54) is 0 Å². The fourth-order valence-electron chi connectivity index (χ4n) is 3.07. The molecule has 8 nitrogen and oxygen atoms in total. The molecule has 0 saturated carbocycles. The third-order valence-electron chi connectivity index (χ3n) is 4.39. The van der Waals surface area contributed by atoms with Crippen LogP contribution in [0, 0.1) is 13.8 Å². The third-order valence-corrected chi connectivity index (χ3v) is 4.39. The molecule has 152 valence electrons. The van der Waals surface area contributed by atoms with Gasteiger partial charge in [-0.1, -0.05) is 18.2 Å². The summed E-state index contributed by atoms with van der Waals surface area (Å²) >= 11 is 0. The number of rotatable bonds is 1. The van der Waals surface area contributed by atoms with Crippen LogP contribution in [0.3, 0.4) is 0 Å². The maximum Gasteiger partial charge on any atom is 0.394 e. The van der Waals surface area contributed by atoms with Gasteiger partial charge in [-0.25, -0.2) is 0 Å². The molecule has 0 bridgehead atoms. The van der Waals surface area contributed by atoms with Crippen LogP contribution in [0.2, 0.25) is 0 Å². The first-order chi connectivity index (χ1) is 13.5. The summed E-state index contributed by atoms with van der Waals surface area (Å²) in [5, 5.41) is 23.8. The number of aryl methyl sites for hydroxylation is 2. The van der Waals surface area contributed by atoms with Crippen LogP contribution in [0.4, 0.5) is 28.4 Å². The van der Waals surface area contributed by atoms with E-state index in [0.29, 0.717) is 0 Å². The molecule has 0 fully saturated rings. The summed E-state index contributed by atoms with van der Waals surface area (Å²) in [5.74, 6) is 0.493. The topological polar surface area (TPSA) is 130 Å². The van der Waals surface area contributed by atoms with Gasteiger partial charge in [0.15, 0.2) is 0 Å². The summed E-state index contributed by atoms with van der Waals surface area (Å²) < 4.78 is 31.6. The molecule has 0 aromatic heterocycles. The first-order valence-corrected chi connectivity index (χ1v) is 9.93. The van der Waals surface area contributed by atoms with E-state index in [-0.39, 0.29) is 11.5 Å². The van der Waals surface area contributed by atoms with Crippen LogP contribution in [0.5, 0.6) is 11.5 Å². The van der Waals surface area contributed by atoms with Crippen molar-refractivity contribution in [1.82, 2.24) is 0 Å². The van der Waals surface area contributed by atoms with E-state index in [2.05, 4.69) is 5.32 Å². The Bertz CT molecular complexity index is 1100. The van der Waals surface area contributed by atoms with E-state index in [9.17, 15) is 10.2 Å². The van der Waals surface area contributed by atoms with Gasteiger partial charge in [0.05, 0.1) is 22.7 Å². The number of anilines is 5. The van der Waals surface area contributed by atoms with E-state index in [4.69, 9.17) is 17.5 Å². The Morgan fingerprint density at radius 2 is 1.21 bits per heavy atom. The van der Waals surface area contributed by atoms with E-state index in [0.717, 1.165) is 39.6 Å². The summed E-state index contributed by atoms with van der Waals surface area (Å²) in [4.78, 5) is 2.04. The van der Waals surface area contributed by atoms with Gasteiger partial charge in [0, 0.05) is 17.8 Å². The van der Waals surface area contributed by atoms with E-state index in [1.54, 1.807) is 12.1 Å². The van der Waals surface area contributed by atoms with Crippen LogP contribution in [0.25, 0.3) is 0 Å². The minimum absolute atomic E-state index is 0.247. The monoisotopic (exact) mass is 416 g/mol. The zero-order valence-corrected chi connectivity index (χ0v) is 16.5. The summed E-state index contributed by atoms with van der Waals surface area (Å²) in [6.45, 7) is 3.75. The van der Waals surface area contributed by atoms with Crippen LogP contribution < -0.4 is 10.2 Å². The van der Waals surface area contributed by atoms with Crippen molar-refractivity contribution in [3.63, 3.8) is 0 Å². The molecule has 3 aromatic rings. The van der Waals surface area contributed by atoms with Gasteiger partial charge >= 0.3 is 10.4 Å². The summed E-state index contributed by atoms with van der Waals surface area (Å²) in [5.41, 5.74) is 6.13. The molecule has 29 heavy (non-hydrogen) atoms. The maximum atomic E-state index is 10.2. The largest absolute Gasteiger partial charge is 0.508 e. The number of aromatic hydroxyl groups is 2. The molecule has 0 amide bonds. The lowest BCUT2D eigenvalue weighted by atomic mass is 10.0. The zero-order chi connectivity index (χ0) is 21.3. The molecular formula is C20H20N2O6S. The average Bonchev–Trinajstić information content (AvgIpc) is 2.62. The molecule has 0 aliphatic carbocycles. The van der Waals surface area contributed by atoms with Gasteiger partial charge in [0.25, 0.3) is 0 Å². The Kier molecular flexibility index (Phi) is 5.38. The smallest absolute Gasteiger partial charge is 0.394 e. The van der Waals surface area contributed by atoms with Crippen molar-refractivity contribution in [2.75, 3.05) is 10.2 Å². The lowest BCUT2D eigenvalue weighted by Gasteiger charge is -2.34. The number of hydrogen-bond donors (Lipinski definition) is 5. The van der Waals surface area contributed by atoms with Crippen molar-refractivity contribution in [2.45, 2.75) is 13.8 Å². The van der Waals surface area contributed by atoms with Crippen LogP contribution in [-0.2, 0) is 10.4 Å². The van der Waals surface area contributed by atoms with Crippen molar-refractivity contribution < 1.29 is 27.7 Å². The summed E-state index contributed by atoms with van der Waals surface area (Å²) in [7, 11) is -4.67. The van der Waals surface area contributed by atoms with Gasteiger partial charge in [-0.05, 0) is 49.2 Å². The Balaban J connectivity index is 0.000000431. The fourth-order valence-corrected chi connectivity index (χ4v) is 3.07. The molecule has 0 spiro atoms. The highest BCUT2D eigenvalue weighted by Crippen LogP contribution is 2.50. The molecule has 1 heterocycles. The molecule has 0 atom stereocenters. The third kappa shape index (κ3) is 4.60. The van der Waals surface area contributed by atoms with Gasteiger partial charge in [0.2, 0.25) is 0 Å².